The minimum Gasteiger partial charge on any atom is -0.396 e. The molecule has 0 aliphatic carbocycles. The summed E-state index contributed by atoms with van der Waals surface area (Å²) < 4.78 is 22.8. The van der Waals surface area contributed by atoms with E-state index in [1.54, 1.807) is 0 Å². The highest BCUT2D eigenvalue weighted by Crippen LogP contribution is 2.27. The summed E-state index contributed by atoms with van der Waals surface area (Å²) in [7, 11) is -3.10. The highest BCUT2D eigenvalue weighted by Gasteiger charge is 2.29. The van der Waals surface area contributed by atoms with E-state index >= 15 is 0 Å². The molecule has 6 nitrogen and oxygen atoms in total. The van der Waals surface area contributed by atoms with E-state index in [1.807, 2.05) is 0 Å². The summed E-state index contributed by atoms with van der Waals surface area (Å²) in [5.74, 6) is 0.636. The van der Waals surface area contributed by atoms with Gasteiger partial charge < -0.3 is 10.8 Å². The van der Waals surface area contributed by atoms with Crippen molar-refractivity contribution in [2.45, 2.75) is 24.3 Å². The number of aryl methyl sites for hydroxylation is 1. The second-order valence-corrected chi connectivity index (χ2v) is 5.87. The van der Waals surface area contributed by atoms with Crippen LogP contribution in [0.1, 0.15) is 23.5 Å². The van der Waals surface area contributed by atoms with Crippen LogP contribution < -0.4 is 5.73 Å². The lowest BCUT2D eigenvalue weighted by molar-refractivity contribution is 0.287. The molecule has 0 fully saturated rings. The van der Waals surface area contributed by atoms with Gasteiger partial charge in [-0.2, -0.15) is 0 Å². The van der Waals surface area contributed by atoms with Gasteiger partial charge in [-0.05, 0) is 6.42 Å². The minimum atomic E-state index is -3.10. The third-order valence-corrected chi connectivity index (χ3v) is 3.89. The molecule has 3 N–H and O–H groups in total. The largest absolute Gasteiger partial charge is 0.396 e. The van der Waals surface area contributed by atoms with Crippen LogP contribution in [0.3, 0.4) is 0 Å². The lowest BCUT2D eigenvalue weighted by Gasteiger charge is -2.04. The van der Waals surface area contributed by atoms with Gasteiger partial charge in [-0.25, -0.2) is 18.4 Å². The van der Waals surface area contributed by atoms with Crippen molar-refractivity contribution >= 4 is 15.7 Å². The highest BCUT2D eigenvalue weighted by molar-refractivity contribution is 7.90. The van der Waals surface area contributed by atoms with Crippen LogP contribution in [-0.4, -0.2) is 30.1 Å². The van der Waals surface area contributed by atoms with Gasteiger partial charge in [0.25, 0.3) is 0 Å². The fourth-order valence-electron chi connectivity index (χ4n) is 1.71. The van der Waals surface area contributed by atoms with Crippen LogP contribution in [0.2, 0.25) is 0 Å². The maximum atomic E-state index is 11.4. The molecule has 0 bridgehead atoms. The van der Waals surface area contributed by atoms with Gasteiger partial charge in [0.1, 0.15) is 11.6 Å². The summed E-state index contributed by atoms with van der Waals surface area (Å²) in [6.45, 7) is 0.0542. The summed E-state index contributed by atoms with van der Waals surface area (Å²) in [6.07, 6.45) is 1.05. The van der Waals surface area contributed by atoms with E-state index < -0.39 is 9.84 Å². The van der Waals surface area contributed by atoms with Gasteiger partial charge in [-0.3, -0.25) is 0 Å². The quantitative estimate of drug-likeness (QED) is 0.735. The van der Waals surface area contributed by atoms with Crippen molar-refractivity contribution in [1.29, 1.82) is 0 Å². The van der Waals surface area contributed by atoms with Crippen molar-refractivity contribution in [3.63, 3.8) is 0 Å². The average Bonchev–Trinajstić information content (AvgIpc) is 2.50. The molecule has 0 radical (unpaired) electrons. The second-order valence-electron chi connectivity index (χ2n) is 3.81. The molecular formula is C9H13N3O3S. The van der Waals surface area contributed by atoms with E-state index in [9.17, 15) is 8.42 Å². The summed E-state index contributed by atoms with van der Waals surface area (Å²) in [5.41, 5.74) is 6.74. The highest BCUT2D eigenvalue weighted by atomic mass is 32.2. The molecule has 2 heterocycles. The Bertz CT molecular complexity index is 513. The molecule has 0 atom stereocenters. The van der Waals surface area contributed by atoms with E-state index in [0.29, 0.717) is 29.9 Å². The molecule has 88 valence electrons. The Labute approximate surface area is 93.4 Å². The van der Waals surface area contributed by atoms with Crippen LogP contribution in [0, 0.1) is 0 Å². The topological polar surface area (TPSA) is 106 Å². The Balaban J connectivity index is 2.34. The first-order valence-corrected chi connectivity index (χ1v) is 6.79. The van der Waals surface area contributed by atoms with Crippen molar-refractivity contribution in [1.82, 2.24) is 9.97 Å². The first-order valence-electron chi connectivity index (χ1n) is 4.97. The number of aromatic nitrogens is 2. The molecule has 7 heteroatoms. The van der Waals surface area contributed by atoms with Crippen molar-refractivity contribution < 1.29 is 13.5 Å². The van der Waals surface area contributed by atoms with Gasteiger partial charge in [0.05, 0.1) is 17.2 Å². The predicted molar refractivity (Wildman–Crippen MR) is 58.2 cm³/mol. The number of anilines is 1. The third-order valence-electron chi connectivity index (χ3n) is 2.45. The van der Waals surface area contributed by atoms with Crippen molar-refractivity contribution in [3.8, 4) is 0 Å². The van der Waals surface area contributed by atoms with E-state index in [-0.39, 0.29) is 23.9 Å². The van der Waals surface area contributed by atoms with Crippen LogP contribution in [0.15, 0.2) is 0 Å². The summed E-state index contributed by atoms with van der Waals surface area (Å²) >= 11 is 0. The summed E-state index contributed by atoms with van der Waals surface area (Å²) in [4.78, 5) is 8.20. The number of nitrogens with zero attached hydrogens (tertiary/aromatic N) is 2. The molecule has 1 aromatic rings. The van der Waals surface area contributed by atoms with Gasteiger partial charge in [-0.15, -0.1) is 0 Å². The average molecular weight is 243 g/mol. The Morgan fingerprint density at radius 1 is 1.31 bits per heavy atom. The molecular weight excluding hydrogens is 230 g/mol. The molecule has 1 aliphatic heterocycles. The first-order chi connectivity index (χ1) is 7.52. The van der Waals surface area contributed by atoms with Crippen LogP contribution in [0.25, 0.3) is 0 Å². The predicted octanol–water partition coefficient (Wildman–Crippen LogP) is -0.588. The number of nitrogen functional groups attached to an aromatic ring is 1. The van der Waals surface area contributed by atoms with E-state index in [0.717, 1.165) is 0 Å². The molecule has 0 unspecified atom stereocenters. The number of hydrogen-bond donors (Lipinski definition) is 2. The Kier molecular flexibility index (Phi) is 2.81. The van der Waals surface area contributed by atoms with Crippen LogP contribution in [-0.2, 0) is 27.8 Å². The monoisotopic (exact) mass is 243 g/mol. The van der Waals surface area contributed by atoms with Crippen LogP contribution in [0.5, 0.6) is 0 Å². The molecule has 16 heavy (non-hydrogen) atoms. The smallest absolute Gasteiger partial charge is 0.160 e. The van der Waals surface area contributed by atoms with Gasteiger partial charge >= 0.3 is 0 Å². The minimum absolute atomic E-state index is 0.0542. The maximum Gasteiger partial charge on any atom is 0.160 e. The number of hydrogen-bond acceptors (Lipinski definition) is 6. The number of aliphatic hydroxyl groups excluding tert-OH is 1. The number of sulfone groups is 1. The molecule has 2 rings (SSSR count). The molecule has 0 saturated carbocycles. The fourth-order valence-corrected chi connectivity index (χ4v) is 3.22. The first kappa shape index (κ1) is 11.3. The van der Waals surface area contributed by atoms with Crippen LogP contribution in [0.4, 0.5) is 5.82 Å². The third kappa shape index (κ3) is 2.14. The summed E-state index contributed by atoms with van der Waals surface area (Å²) in [5, 5.41) is 8.69. The molecule has 0 amide bonds. The van der Waals surface area contributed by atoms with Crippen LogP contribution >= 0.6 is 0 Å². The van der Waals surface area contributed by atoms with Gasteiger partial charge in [0.2, 0.25) is 0 Å². The lowest BCUT2D eigenvalue weighted by atomic mass is 10.2. The number of aliphatic hydroxyl groups is 1. The summed E-state index contributed by atoms with van der Waals surface area (Å²) in [6, 6.07) is 0. The molecule has 0 aromatic carbocycles. The van der Waals surface area contributed by atoms with Crippen molar-refractivity contribution in [2.75, 3.05) is 12.3 Å². The second kappa shape index (κ2) is 3.99. The molecule has 0 saturated heterocycles. The molecule has 1 aromatic heterocycles. The lowest BCUT2D eigenvalue weighted by Crippen LogP contribution is -2.06. The Morgan fingerprint density at radius 3 is 2.75 bits per heavy atom. The number of rotatable bonds is 3. The maximum absolute atomic E-state index is 11.4. The van der Waals surface area contributed by atoms with Gasteiger partial charge in [0.15, 0.2) is 9.84 Å². The Hall–Kier alpha value is -1.21. The zero-order chi connectivity index (χ0) is 11.8. The van der Waals surface area contributed by atoms with E-state index in [2.05, 4.69) is 9.97 Å². The van der Waals surface area contributed by atoms with Crippen molar-refractivity contribution in [3.05, 3.63) is 17.1 Å². The number of fused-ring (bicyclic) bond motifs is 1. The van der Waals surface area contributed by atoms with Crippen molar-refractivity contribution in [2.24, 2.45) is 0 Å². The Morgan fingerprint density at radius 2 is 2.06 bits per heavy atom. The zero-order valence-corrected chi connectivity index (χ0v) is 9.50. The van der Waals surface area contributed by atoms with E-state index in [1.165, 1.54) is 0 Å². The molecule has 1 aliphatic rings. The standard InChI is InChI=1S/C9H13N3O3S/c10-9-6-4-16(14,15)5-7(6)11-8(12-9)2-1-3-13/h13H,1-5H2,(H2,10,11,12). The van der Waals surface area contributed by atoms with E-state index in [4.69, 9.17) is 10.8 Å². The number of nitrogens with two attached hydrogens (primary N) is 1. The normalized spacial score (nSPS) is 17.3. The fraction of sp³-hybridized carbons (Fsp3) is 0.556. The zero-order valence-electron chi connectivity index (χ0n) is 8.68. The van der Waals surface area contributed by atoms with Gasteiger partial charge in [-0.1, -0.05) is 0 Å². The van der Waals surface area contributed by atoms with Gasteiger partial charge in [0, 0.05) is 18.6 Å². The SMILES string of the molecule is Nc1nc(CCCO)nc2c1CS(=O)(=O)C2. The molecule has 0 spiro atoms.